The monoisotopic (exact) mass is 365 g/mol. The normalized spacial score (nSPS) is 13.2. The van der Waals surface area contributed by atoms with Crippen LogP contribution in [0.4, 0.5) is 4.79 Å². The molecule has 0 fully saturated rings. The van der Waals surface area contributed by atoms with Gasteiger partial charge in [0, 0.05) is 24.3 Å². The lowest BCUT2D eigenvalue weighted by atomic mass is 10.1. The summed E-state index contributed by atoms with van der Waals surface area (Å²) in [5.41, 5.74) is 1.06. The molecule has 0 saturated heterocycles. The van der Waals surface area contributed by atoms with Gasteiger partial charge in [0.25, 0.3) is 0 Å². The van der Waals surface area contributed by atoms with Crippen LogP contribution in [0.15, 0.2) is 23.8 Å². The number of rotatable bonds is 4. The molecule has 0 atom stereocenters. The highest BCUT2D eigenvalue weighted by atomic mass is 32.1. The van der Waals surface area contributed by atoms with Crippen LogP contribution in [0.5, 0.6) is 0 Å². The lowest BCUT2D eigenvalue weighted by Gasteiger charge is -2.23. The molecule has 25 heavy (non-hydrogen) atoms. The summed E-state index contributed by atoms with van der Waals surface area (Å²) >= 11 is 1.54. The number of ether oxygens (including phenoxy) is 1. The maximum atomic E-state index is 11.8. The van der Waals surface area contributed by atoms with Gasteiger partial charge in [-0.2, -0.15) is 4.73 Å². The smallest absolute Gasteiger partial charge is 0.442 e. The van der Waals surface area contributed by atoms with Gasteiger partial charge in [-0.15, -0.1) is 11.3 Å². The molecule has 0 aromatic carbocycles. The van der Waals surface area contributed by atoms with E-state index in [9.17, 15) is 14.4 Å². The number of aromatic nitrogens is 2. The summed E-state index contributed by atoms with van der Waals surface area (Å²) in [5.74, 6) is -2.23. The maximum absolute atomic E-state index is 11.8. The topological polar surface area (TPSA) is 111 Å². The van der Waals surface area contributed by atoms with Crippen LogP contribution in [0.3, 0.4) is 0 Å². The maximum Gasteiger partial charge on any atom is 0.442 e. The average Bonchev–Trinajstić information content (AvgIpc) is 3.24. The molecule has 9 nitrogen and oxygen atoms in total. The van der Waals surface area contributed by atoms with Gasteiger partial charge < -0.3 is 19.6 Å². The van der Waals surface area contributed by atoms with E-state index in [1.54, 1.807) is 0 Å². The van der Waals surface area contributed by atoms with E-state index in [4.69, 9.17) is 14.7 Å². The van der Waals surface area contributed by atoms with Crippen molar-refractivity contribution in [2.45, 2.75) is 19.4 Å². The molecule has 1 amide bonds. The minimum absolute atomic E-state index is 0.0874. The van der Waals surface area contributed by atoms with E-state index in [1.807, 2.05) is 17.5 Å². The van der Waals surface area contributed by atoms with E-state index in [2.05, 4.69) is 4.98 Å². The number of thiophene rings is 1. The van der Waals surface area contributed by atoms with Crippen molar-refractivity contribution in [2.75, 3.05) is 13.2 Å². The number of esters is 1. The van der Waals surface area contributed by atoms with Crippen molar-refractivity contribution in [3.8, 4) is 0 Å². The Morgan fingerprint density at radius 3 is 2.88 bits per heavy atom. The van der Waals surface area contributed by atoms with Crippen LogP contribution in [0.2, 0.25) is 0 Å². The van der Waals surface area contributed by atoms with Crippen LogP contribution >= 0.6 is 11.3 Å². The minimum Gasteiger partial charge on any atom is -0.465 e. The summed E-state index contributed by atoms with van der Waals surface area (Å²) in [6.07, 6.45) is 1.07. The second-order valence-corrected chi connectivity index (χ2v) is 6.29. The molecule has 1 aliphatic rings. The average molecular weight is 365 g/mol. The Bertz CT molecular complexity index is 785. The number of carbonyl (C=O) groups excluding carboxylic acids is 2. The van der Waals surface area contributed by atoms with Crippen molar-refractivity contribution in [3.05, 3.63) is 40.1 Å². The number of amides is 1. The van der Waals surface area contributed by atoms with Crippen molar-refractivity contribution < 1.29 is 29.1 Å². The molecule has 1 N–H and O–H groups in total. The third-order valence-electron chi connectivity index (χ3n) is 3.66. The molecule has 2 aromatic heterocycles. The van der Waals surface area contributed by atoms with Crippen LogP contribution in [0, 0.1) is 0 Å². The second kappa shape index (κ2) is 7.34. The first-order chi connectivity index (χ1) is 12.0. The fraction of sp³-hybridized carbons (Fsp3) is 0.333. The van der Waals surface area contributed by atoms with Crippen molar-refractivity contribution >= 4 is 29.4 Å². The highest BCUT2D eigenvalue weighted by Gasteiger charge is 2.27. The fourth-order valence-corrected chi connectivity index (χ4v) is 3.10. The summed E-state index contributed by atoms with van der Waals surface area (Å²) < 4.78 is 5.99. The first-order valence-corrected chi connectivity index (χ1v) is 8.37. The van der Waals surface area contributed by atoms with Gasteiger partial charge in [0.15, 0.2) is 0 Å². The number of hydrogen-bond acceptors (Lipinski definition) is 7. The Morgan fingerprint density at radius 1 is 1.32 bits per heavy atom. The summed E-state index contributed by atoms with van der Waals surface area (Å²) in [5, 5.41) is 10.9. The third-order valence-corrected chi connectivity index (χ3v) is 4.59. The molecular formula is C15H15N3O6S. The predicted molar refractivity (Wildman–Crippen MR) is 84.9 cm³/mol. The first-order valence-electron chi connectivity index (χ1n) is 7.49. The zero-order valence-corrected chi connectivity index (χ0v) is 13.9. The van der Waals surface area contributed by atoms with Crippen LogP contribution in [-0.2, 0) is 33.7 Å². The Hall–Kier alpha value is -2.88. The summed E-state index contributed by atoms with van der Waals surface area (Å²) in [7, 11) is 0. The molecular weight excluding hydrogens is 350 g/mol. The zero-order valence-electron chi connectivity index (χ0n) is 13.1. The predicted octanol–water partition coefficient (Wildman–Crippen LogP) is 0.722. The van der Waals surface area contributed by atoms with Gasteiger partial charge in [0.05, 0.1) is 24.5 Å². The highest BCUT2D eigenvalue weighted by Crippen LogP contribution is 2.17. The highest BCUT2D eigenvalue weighted by molar-refractivity contribution is 7.09. The number of hydrogen-bond donors (Lipinski definition) is 1. The molecule has 0 aliphatic carbocycles. The summed E-state index contributed by atoms with van der Waals surface area (Å²) in [6, 6.07) is 3.80. The number of carboxylic acid groups (broad SMARTS) is 1. The molecule has 0 unspecified atom stereocenters. The quantitative estimate of drug-likeness (QED) is 0.628. The molecule has 0 bridgehead atoms. The Morgan fingerprint density at radius 2 is 2.16 bits per heavy atom. The zero-order chi connectivity index (χ0) is 17.8. The lowest BCUT2D eigenvalue weighted by molar-refractivity contribution is -0.168. The SMILES string of the molecule is O=C(OCCc1cccs1)C(=O)On1cnc2c1CCN(C(=O)O)C2. The van der Waals surface area contributed by atoms with Crippen LogP contribution < -0.4 is 4.84 Å². The van der Waals surface area contributed by atoms with Crippen molar-refractivity contribution in [2.24, 2.45) is 0 Å². The van der Waals surface area contributed by atoms with Crippen molar-refractivity contribution in [1.29, 1.82) is 0 Å². The molecule has 3 heterocycles. The standard InChI is InChI=1S/C15H15N3O6S/c19-13(23-6-4-10-2-1-7-25-10)14(20)24-18-9-16-11-8-17(15(21)22)5-3-12(11)18/h1-2,7,9H,3-6,8H2,(H,21,22). The molecule has 1 aliphatic heterocycles. The van der Waals surface area contributed by atoms with E-state index in [0.29, 0.717) is 24.2 Å². The third kappa shape index (κ3) is 3.97. The van der Waals surface area contributed by atoms with Gasteiger partial charge in [0.1, 0.15) is 6.33 Å². The van der Waals surface area contributed by atoms with Crippen LogP contribution in [0.25, 0.3) is 0 Å². The van der Waals surface area contributed by atoms with E-state index >= 15 is 0 Å². The molecule has 10 heteroatoms. The minimum atomic E-state index is -1.15. The second-order valence-electron chi connectivity index (χ2n) is 5.26. The molecule has 0 saturated carbocycles. The van der Waals surface area contributed by atoms with Gasteiger partial charge >= 0.3 is 18.0 Å². The number of imidazole rings is 1. The van der Waals surface area contributed by atoms with E-state index < -0.39 is 18.0 Å². The van der Waals surface area contributed by atoms with E-state index in [-0.39, 0.29) is 19.7 Å². The first kappa shape index (κ1) is 17.0. The number of fused-ring (bicyclic) bond motifs is 1. The van der Waals surface area contributed by atoms with Crippen molar-refractivity contribution in [3.63, 3.8) is 0 Å². The Labute approximate surface area is 146 Å². The van der Waals surface area contributed by atoms with Crippen LogP contribution in [0.1, 0.15) is 16.3 Å². The molecule has 0 spiro atoms. The van der Waals surface area contributed by atoms with Gasteiger partial charge in [0.2, 0.25) is 0 Å². The van der Waals surface area contributed by atoms with E-state index in [1.165, 1.54) is 22.6 Å². The molecule has 132 valence electrons. The molecule has 2 aromatic rings. The Balaban J connectivity index is 1.53. The summed E-state index contributed by atoms with van der Waals surface area (Å²) in [6.45, 7) is 0.460. The van der Waals surface area contributed by atoms with Crippen LogP contribution in [-0.4, -0.2) is 50.9 Å². The van der Waals surface area contributed by atoms with Crippen molar-refractivity contribution in [1.82, 2.24) is 14.6 Å². The van der Waals surface area contributed by atoms with Gasteiger partial charge in [-0.3, -0.25) is 0 Å². The molecule has 3 rings (SSSR count). The van der Waals surface area contributed by atoms with Gasteiger partial charge in [-0.1, -0.05) is 6.07 Å². The lowest BCUT2D eigenvalue weighted by Crippen LogP contribution is -2.37. The number of carbonyl (C=O) groups is 3. The van der Waals surface area contributed by atoms with E-state index in [0.717, 1.165) is 9.61 Å². The fourth-order valence-electron chi connectivity index (χ4n) is 2.41. The number of nitrogens with zero attached hydrogens (tertiary/aromatic N) is 3. The Kier molecular flexibility index (Phi) is 4.98. The summed E-state index contributed by atoms with van der Waals surface area (Å²) in [4.78, 5) is 45.7. The van der Waals surface area contributed by atoms with Gasteiger partial charge in [-0.25, -0.2) is 19.4 Å². The largest absolute Gasteiger partial charge is 0.465 e. The van der Waals surface area contributed by atoms with Gasteiger partial charge in [-0.05, 0) is 11.4 Å². The molecule has 0 radical (unpaired) electrons.